The fourth-order valence-electron chi connectivity index (χ4n) is 1.48. The zero-order chi connectivity index (χ0) is 12.7. The number of aromatic nitrogens is 2. The molecule has 1 heterocycles. The van der Waals surface area contributed by atoms with Crippen LogP contribution in [0.2, 0.25) is 0 Å². The number of hydrogen-bond donors (Lipinski definition) is 2. The topological polar surface area (TPSA) is 74.4 Å². The molecule has 0 spiro atoms. The minimum atomic E-state index is 0.168. The summed E-state index contributed by atoms with van der Waals surface area (Å²) in [6.07, 6.45) is 0.698. The van der Waals surface area contributed by atoms with Crippen molar-refractivity contribution in [2.75, 3.05) is 24.6 Å². The summed E-state index contributed by atoms with van der Waals surface area (Å²) < 4.78 is 5.57. The highest BCUT2D eigenvalue weighted by Crippen LogP contribution is 2.15. The second-order valence-corrected chi connectivity index (χ2v) is 4.12. The monoisotopic (exact) mass is 242 g/mol. The maximum atomic E-state index is 8.86. The summed E-state index contributed by atoms with van der Waals surface area (Å²) in [5, 5.41) is 20.0. The van der Waals surface area contributed by atoms with E-state index in [4.69, 9.17) is 9.52 Å². The zero-order valence-electron chi connectivity index (χ0n) is 10.8. The van der Waals surface area contributed by atoms with Crippen LogP contribution in [0.15, 0.2) is 4.42 Å². The van der Waals surface area contributed by atoms with E-state index in [0.717, 1.165) is 13.1 Å². The van der Waals surface area contributed by atoms with Crippen molar-refractivity contribution in [3.63, 3.8) is 0 Å². The van der Waals surface area contributed by atoms with Crippen LogP contribution >= 0.6 is 0 Å². The van der Waals surface area contributed by atoms with E-state index in [2.05, 4.69) is 29.4 Å². The van der Waals surface area contributed by atoms with Gasteiger partial charge in [-0.05, 0) is 26.8 Å². The molecule has 17 heavy (non-hydrogen) atoms. The highest BCUT2D eigenvalue weighted by atomic mass is 16.4. The molecule has 0 atom stereocenters. The Balaban J connectivity index is 2.63. The number of nitrogens with one attached hydrogen (secondary N) is 1. The van der Waals surface area contributed by atoms with Gasteiger partial charge in [-0.2, -0.15) is 0 Å². The third-order valence-electron chi connectivity index (χ3n) is 2.41. The summed E-state index contributed by atoms with van der Waals surface area (Å²) in [5.74, 6) is 0.594. The first-order chi connectivity index (χ1) is 8.19. The SMILES string of the molecule is CCNCc1nnc(N(CCCO)C(C)C)o1. The van der Waals surface area contributed by atoms with Gasteiger partial charge in [-0.25, -0.2) is 0 Å². The molecule has 6 heteroatoms. The van der Waals surface area contributed by atoms with E-state index in [1.807, 2.05) is 11.8 Å². The van der Waals surface area contributed by atoms with E-state index in [1.165, 1.54) is 0 Å². The highest BCUT2D eigenvalue weighted by molar-refractivity contribution is 5.25. The molecule has 1 aromatic heterocycles. The van der Waals surface area contributed by atoms with Crippen molar-refractivity contribution in [2.24, 2.45) is 0 Å². The maximum absolute atomic E-state index is 8.86. The van der Waals surface area contributed by atoms with Gasteiger partial charge >= 0.3 is 6.01 Å². The maximum Gasteiger partial charge on any atom is 0.318 e. The predicted molar refractivity (Wildman–Crippen MR) is 65.9 cm³/mol. The molecule has 0 bridgehead atoms. The molecule has 0 saturated carbocycles. The number of anilines is 1. The predicted octanol–water partition coefficient (Wildman–Crippen LogP) is 0.776. The summed E-state index contributed by atoms with van der Waals surface area (Å²) in [7, 11) is 0. The van der Waals surface area contributed by atoms with E-state index in [1.54, 1.807) is 0 Å². The normalized spacial score (nSPS) is 11.1. The van der Waals surface area contributed by atoms with Crippen LogP contribution in [0.5, 0.6) is 0 Å². The molecule has 1 aromatic rings. The van der Waals surface area contributed by atoms with Crippen LogP contribution in [-0.4, -0.2) is 41.0 Å². The van der Waals surface area contributed by atoms with Gasteiger partial charge in [0.2, 0.25) is 5.89 Å². The van der Waals surface area contributed by atoms with Crippen molar-refractivity contribution in [1.82, 2.24) is 15.5 Å². The average Bonchev–Trinajstić information content (AvgIpc) is 2.75. The van der Waals surface area contributed by atoms with Gasteiger partial charge in [-0.1, -0.05) is 12.0 Å². The molecular weight excluding hydrogens is 220 g/mol. The van der Waals surface area contributed by atoms with Gasteiger partial charge in [-0.3, -0.25) is 0 Å². The number of nitrogens with zero attached hydrogens (tertiary/aromatic N) is 3. The smallest absolute Gasteiger partial charge is 0.318 e. The standard InChI is InChI=1S/C11H22N4O2/c1-4-12-8-10-13-14-11(17-10)15(9(2)3)6-5-7-16/h9,12,16H,4-8H2,1-3H3. The van der Waals surface area contributed by atoms with E-state index < -0.39 is 0 Å². The van der Waals surface area contributed by atoms with Crippen molar-refractivity contribution >= 4 is 6.01 Å². The van der Waals surface area contributed by atoms with Crippen LogP contribution in [0.1, 0.15) is 33.1 Å². The summed E-state index contributed by atoms with van der Waals surface area (Å²) in [5.41, 5.74) is 0. The molecule has 0 aliphatic carbocycles. The number of hydrogen-bond acceptors (Lipinski definition) is 6. The molecule has 98 valence electrons. The molecule has 0 amide bonds. The third kappa shape index (κ3) is 4.32. The van der Waals surface area contributed by atoms with E-state index in [-0.39, 0.29) is 12.6 Å². The molecular formula is C11H22N4O2. The molecule has 0 radical (unpaired) electrons. The van der Waals surface area contributed by atoms with Crippen molar-refractivity contribution in [2.45, 2.75) is 39.8 Å². The first-order valence-corrected chi connectivity index (χ1v) is 6.09. The fourth-order valence-corrected chi connectivity index (χ4v) is 1.48. The summed E-state index contributed by atoms with van der Waals surface area (Å²) in [4.78, 5) is 2.00. The van der Waals surface area contributed by atoms with E-state index >= 15 is 0 Å². The van der Waals surface area contributed by atoms with Crippen LogP contribution in [-0.2, 0) is 6.54 Å². The Hall–Kier alpha value is -1.14. The van der Waals surface area contributed by atoms with Gasteiger partial charge in [0.25, 0.3) is 0 Å². The van der Waals surface area contributed by atoms with Crippen LogP contribution in [0, 0.1) is 0 Å². The lowest BCUT2D eigenvalue weighted by Crippen LogP contribution is -2.32. The van der Waals surface area contributed by atoms with Crippen molar-refractivity contribution in [3.8, 4) is 0 Å². The molecule has 1 rings (SSSR count). The summed E-state index contributed by atoms with van der Waals surface area (Å²) in [6.45, 7) is 8.50. The Morgan fingerprint density at radius 1 is 1.41 bits per heavy atom. The van der Waals surface area contributed by atoms with Crippen LogP contribution in [0.25, 0.3) is 0 Å². The van der Waals surface area contributed by atoms with Gasteiger partial charge in [0, 0.05) is 19.2 Å². The fraction of sp³-hybridized carbons (Fsp3) is 0.818. The van der Waals surface area contributed by atoms with Gasteiger partial charge in [0.1, 0.15) is 0 Å². The Morgan fingerprint density at radius 3 is 2.76 bits per heavy atom. The van der Waals surface area contributed by atoms with E-state index in [0.29, 0.717) is 24.9 Å². The van der Waals surface area contributed by atoms with Crippen molar-refractivity contribution < 1.29 is 9.52 Å². The summed E-state index contributed by atoms with van der Waals surface area (Å²) >= 11 is 0. The second-order valence-electron chi connectivity index (χ2n) is 4.12. The first kappa shape index (κ1) is 13.9. The van der Waals surface area contributed by atoms with Gasteiger partial charge in [0.05, 0.1) is 6.54 Å². The van der Waals surface area contributed by atoms with Crippen molar-refractivity contribution in [3.05, 3.63) is 5.89 Å². The van der Waals surface area contributed by atoms with Crippen LogP contribution in [0.3, 0.4) is 0 Å². The van der Waals surface area contributed by atoms with Crippen LogP contribution in [0.4, 0.5) is 6.01 Å². The number of aliphatic hydroxyl groups is 1. The first-order valence-electron chi connectivity index (χ1n) is 6.09. The molecule has 0 fully saturated rings. The Labute approximate surface area is 102 Å². The molecule has 0 aliphatic rings. The average molecular weight is 242 g/mol. The van der Waals surface area contributed by atoms with E-state index in [9.17, 15) is 0 Å². The lowest BCUT2D eigenvalue weighted by Gasteiger charge is -2.23. The number of rotatable bonds is 8. The summed E-state index contributed by atoms with van der Waals surface area (Å²) in [6, 6.07) is 0.801. The minimum Gasteiger partial charge on any atom is -0.407 e. The highest BCUT2D eigenvalue weighted by Gasteiger charge is 2.16. The lowest BCUT2D eigenvalue weighted by molar-refractivity contribution is 0.287. The van der Waals surface area contributed by atoms with Crippen LogP contribution < -0.4 is 10.2 Å². The Bertz CT molecular complexity index is 314. The Morgan fingerprint density at radius 2 is 2.18 bits per heavy atom. The van der Waals surface area contributed by atoms with Crippen molar-refractivity contribution in [1.29, 1.82) is 0 Å². The minimum absolute atomic E-state index is 0.168. The molecule has 0 unspecified atom stereocenters. The Kier molecular flexibility index (Phi) is 5.93. The zero-order valence-corrected chi connectivity index (χ0v) is 10.8. The second kappa shape index (κ2) is 7.24. The molecule has 6 nitrogen and oxygen atoms in total. The quantitative estimate of drug-likeness (QED) is 0.701. The lowest BCUT2D eigenvalue weighted by atomic mass is 10.3. The number of aliphatic hydroxyl groups excluding tert-OH is 1. The third-order valence-corrected chi connectivity index (χ3v) is 2.41. The molecule has 0 aliphatic heterocycles. The largest absolute Gasteiger partial charge is 0.407 e. The molecule has 0 aromatic carbocycles. The van der Waals surface area contributed by atoms with Gasteiger partial charge < -0.3 is 19.7 Å². The van der Waals surface area contributed by atoms with Gasteiger partial charge in [-0.15, -0.1) is 5.10 Å². The molecule has 0 saturated heterocycles. The molecule has 2 N–H and O–H groups in total. The van der Waals surface area contributed by atoms with Gasteiger partial charge in [0.15, 0.2) is 0 Å².